The molecule has 0 heterocycles. The van der Waals surface area contributed by atoms with E-state index in [-0.39, 0.29) is 17.4 Å². The summed E-state index contributed by atoms with van der Waals surface area (Å²) in [6.07, 6.45) is 6.72. The van der Waals surface area contributed by atoms with Crippen LogP contribution in [0.1, 0.15) is 65.9 Å². The van der Waals surface area contributed by atoms with Crippen molar-refractivity contribution in [2.75, 3.05) is 13.7 Å². The molecule has 0 N–H and O–H groups in total. The maximum absolute atomic E-state index is 14.4. The molecule has 1 aromatic carbocycles. The van der Waals surface area contributed by atoms with E-state index in [0.717, 1.165) is 24.8 Å². The summed E-state index contributed by atoms with van der Waals surface area (Å²) < 4.78 is 25.7. The number of carbonyl (C=O) groups excluding carboxylic acids is 2. The quantitative estimate of drug-likeness (QED) is 0.364. The summed E-state index contributed by atoms with van der Waals surface area (Å²) in [5.74, 6) is -1.57. The van der Waals surface area contributed by atoms with Gasteiger partial charge in [-0.05, 0) is 29.9 Å². The number of hydrogen-bond acceptors (Lipinski definition) is 5. The SMILES string of the molecule is COP(=O)(C(/C=C/c1ccccc1)OC(C)=O)[C@@H]1CCCC[C@H]1N(CC(C)(C)C)C(C)=O. The zero-order valence-corrected chi connectivity index (χ0v) is 21.1. The zero-order valence-electron chi connectivity index (χ0n) is 20.2. The van der Waals surface area contributed by atoms with E-state index >= 15 is 0 Å². The molecule has 7 heteroatoms. The lowest BCUT2D eigenvalue weighted by atomic mass is 9.90. The van der Waals surface area contributed by atoms with Crippen molar-refractivity contribution in [1.29, 1.82) is 0 Å². The maximum atomic E-state index is 14.4. The van der Waals surface area contributed by atoms with Gasteiger partial charge in [0.15, 0.2) is 5.85 Å². The van der Waals surface area contributed by atoms with Crippen LogP contribution >= 0.6 is 7.37 Å². The number of rotatable bonds is 8. The lowest BCUT2D eigenvalue weighted by Crippen LogP contribution is -2.51. The highest BCUT2D eigenvalue weighted by atomic mass is 31.2. The summed E-state index contributed by atoms with van der Waals surface area (Å²) in [7, 11) is -2.10. The summed E-state index contributed by atoms with van der Waals surface area (Å²) in [6, 6.07) is 9.34. The zero-order chi connectivity index (χ0) is 23.9. The van der Waals surface area contributed by atoms with Gasteiger partial charge in [0.2, 0.25) is 5.91 Å². The third kappa shape index (κ3) is 7.05. The third-order valence-corrected chi connectivity index (χ3v) is 8.87. The minimum Gasteiger partial charge on any atom is -0.448 e. The average molecular weight is 464 g/mol. The molecule has 178 valence electrons. The molecule has 1 aliphatic carbocycles. The molecular weight excluding hydrogens is 425 g/mol. The van der Waals surface area contributed by atoms with E-state index in [1.165, 1.54) is 14.0 Å². The minimum atomic E-state index is -3.52. The smallest absolute Gasteiger partial charge is 0.303 e. The second kappa shape index (κ2) is 11.3. The van der Waals surface area contributed by atoms with E-state index in [2.05, 4.69) is 20.8 Å². The summed E-state index contributed by atoms with van der Waals surface area (Å²) >= 11 is 0. The van der Waals surface area contributed by atoms with Gasteiger partial charge < -0.3 is 14.2 Å². The van der Waals surface area contributed by atoms with E-state index in [4.69, 9.17) is 9.26 Å². The van der Waals surface area contributed by atoms with Gasteiger partial charge in [-0.25, -0.2) is 0 Å². The molecule has 1 aliphatic rings. The van der Waals surface area contributed by atoms with Crippen molar-refractivity contribution in [3.63, 3.8) is 0 Å². The van der Waals surface area contributed by atoms with E-state index in [9.17, 15) is 14.2 Å². The molecule has 0 saturated heterocycles. The van der Waals surface area contributed by atoms with Crippen molar-refractivity contribution in [2.24, 2.45) is 5.41 Å². The monoisotopic (exact) mass is 463 g/mol. The van der Waals surface area contributed by atoms with Crippen LogP contribution in [0, 0.1) is 5.41 Å². The molecule has 2 unspecified atom stereocenters. The molecule has 1 fully saturated rings. The lowest BCUT2D eigenvalue weighted by Gasteiger charge is -2.45. The Hall–Kier alpha value is -1.91. The number of benzene rings is 1. The molecular formula is C25H38NO5P. The minimum absolute atomic E-state index is 0.0386. The number of amides is 1. The topological polar surface area (TPSA) is 72.9 Å². The highest BCUT2D eigenvalue weighted by Gasteiger charge is 2.49. The first-order valence-electron chi connectivity index (χ1n) is 11.3. The van der Waals surface area contributed by atoms with Crippen LogP contribution in [0.3, 0.4) is 0 Å². The molecule has 0 radical (unpaired) electrons. The van der Waals surface area contributed by atoms with Crippen LogP contribution < -0.4 is 0 Å². The van der Waals surface area contributed by atoms with Gasteiger partial charge in [0.25, 0.3) is 7.37 Å². The first-order valence-corrected chi connectivity index (χ1v) is 13.1. The van der Waals surface area contributed by atoms with Gasteiger partial charge in [-0.3, -0.25) is 14.2 Å². The fourth-order valence-corrected chi connectivity index (χ4v) is 7.25. The molecule has 0 aromatic heterocycles. The Labute approximate surface area is 192 Å². The fraction of sp³-hybridized carbons (Fsp3) is 0.600. The Kier molecular flexibility index (Phi) is 9.29. The Balaban J connectivity index is 2.46. The molecule has 2 rings (SSSR count). The number of hydrogen-bond donors (Lipinski definition) is 0. The van der Waals surface area contributed by atoms with Crippen LogP contribution in [0.2, 0.25) is 0 Å². The van der Waals surface area contributed by atoms with Crippen LogP contribution in [-0.2, 0) is 23.4 Å². The molecule has 0 bridgehead atoms. The molecule has 0 aliphatic heterocycles. The highest BCUT2D eigenvalue weighted by molar-refractivity contribution is 7.60. The second-order valence-electron chi connectivity index (χ2n) is 9.72. The largest absolute Gasteiger partial charge is 0.448 e. The standard InChI is InChI=1S/C25H38NO5P/c1-19(27)26(18-25(3,4)5)22-14-10-11-15-23(22)32(29,30-6)24(31-20(2)28)17-16-21-12-8-7-9-13-21/h7-9,12-13,16-17,22-24H,10-11,14-15,18H2,1-6H3/b17-16+/t22-,23-,24?,32?/m1/s1. The Morgan fingerprint density at radius 1 is 1.16 bits per heavy atom. The molecule has 1 amide bonds. The number of carbonyl (C=O) groups is 2. The predicted molar refractivity (Wildman–Crippen MR) is 129 cm³/mol. The Morgan fingerprint density at radius 2 is 1.78 bits per heavy atom. The van der Waals surface area contributed by atoms with Crippen molar-refractivity contribution in [1.82, 2.24) is 4.90 Å². The summed E-state index contributed by atoms with van der Waals surface area (Å²) in [5.41, 5.74) is 0.399. The maximum Gasteiger partial charge on any atom is 0.303 e. The van der Waals surface area contributed by atoms with Crippen LogP contribution in [0.25, 0.3) is 6.08 Å². The summed E-state index contributed by atoms with van der Waals surface area (Å²) in [5, 5.41) is 0. The Morgan fingerprint density at radius 3 is 2.31 bits per heavy atom. The van der Waals surface area contributed by atoms with E-state index in [1.807, 2.05) is 35.2 Å². The van der Waals surface area contributed by atoms with Gasteiger partial charge in [0, 0.05) is 33.5 Å². The van der Waals surface area contributed by atoms with Gasteiger partial charge >= 0.3 is 5.97 Å². The van der Waals surface area contributed by atoms with Gasteiger partial charge in [-0.15, -0.1) is 0 Å². The predicted octanol–water partition coefficient (Wildman–Crippen LogP) is 5.72. The molecule has 1 aromatic rings. The molecule has 4 atom stereocenters. The van der Waals surface area contributed by atoms with Crippen molar-refractivity contribution in [3.05, 3.63) is 42.0 Å². The molecule has 0 spiro atoms. The highest BCUT2D eigenvalue weighted by Crippen LogP contribution is 2.61. The van der Waals surface area contributed by atoms with Gasteiger partial charge in [0.05, 0.1) is 5.66 Å². The first kappa shape index (κ1) is 26.3. The molecule has 1 saturated carbocycles. The van der Waals surface area contributed by atoms with Crippen molar-refractivity contribution in [3.8, 4) is 0 Å². The lowest BCUT2D eigenvalue weighted by molar-refractivity contribution is -0.141. The Bertz CT molecular complexity index is 846. The number of ether oxygens (including phenoxy) is 1. The van der Waals surface area contributed by atoms with Crippen LogP contribution in [0.15, 0.2) is 36.4 Å². The van der Waals surface area contributed by atoms with Gasteiger partial charge in [-0.1, -0.05) is 70.0 Å². The van der Waals surface area contributed by atoms with Crippen molar-refractivity contribution in [2.45, 2.75) is 77.8 Å². The van der Waals surface area contributed by atoms with Gasteiger partial charge in [0.1, 0.15) is 0 Å². The van der Waals surface area contributed by atoms with Crippen molar-refractivity contribution >= 4 is 25.3 Å². The van der Waals surface area contributed by atoms with Crippen LogP contribution in [-0.4, -0.2) is 48.0 Å². The molecule has 6 nitrogen and oxygen atoms in total. The van der Waals surface area contributed by atoms with Gasteiger partial charge in [-0.2, -0.15) is 0 Å². The van der Waals surface area contributed by atoms with Crippen molar-refractivity contribution < 1.29 is 23.4 Å². The number of nitrogens with zero attached hydrogens (tertiary/aromatic N) is 1. The van der Waals surface area contributed by atoms with E-state index in [0.29, 0.717) is 13.0 Å². The first-order chi connectivity index (χ1) is 15.0. The fourth-order valence-electron chi connectivity index (χ4n) is 4.44. The van der Waals surface area contributed by atoms with Crippen LogP contribution in [0.5, 0.6) is 0 Å². The second-order valence-corrected chi connectivity index (χ2v) is 12.6. The summed E-state index contributed by atoms with van der Waals surface area (Å²) in [6.45, 7) is 9.69. The number of esters is 1. The van der Waals surface area contributed by atoms with Crippen LogP contribution in [0.4, 0.5) is 0 Å². The third-order valence-electron chi connectivity index (χ3n) is 5.79. The molecule has 32 heavy (non-hydrogen) atoms. The van der Waals surface area contributed by atoms with E-state index < -0.39 is 24.8 Å². The summed E-state index contributed by atoms with van der Waals surface area (Å²) in [4.78, 5) is 26.4. The van der Waals surface area contributed by atoms with E-state index in [1.54, 1.807) is 19.1 Å². The normalized spacial score (nSPS) is 22.2. The average Bonchev–Trinajstić information content (AvgIpc) is 2.74.